The van der Waals surface area contributed by atoms with Crippen LogP contribution in [0.2, 0.25) is 10.0 Å². The summed E-state index contributed by atoms with van der Waals surface area (Å²) in [6, 6.07) is 10.5. The Kier molecular flexibility index (Phi) is 5.76. The van der Waals surface area contributed by atoms with Crippen LogP contribution >= 0.6 is 23.2 Å². The number of rotatable bonds is 4. The zero-order valence-electron chi connectivity index (χ0n) is 14.4. The van der Waals surface area contributed by atoms with E-state index in [-0.39, 0.29) is 46.8 Å². The standard InChI is InChI=1S/C17H14Cl2N4O4S/c18-13-2-1-3-16(17(13)19)28(26,27)22-8-6-21(7-9-22)15-10-12(11-20)4-5-14(15)23(24)25/h1-5,10H,6-9H2. The summed E-state index contributed by atoms with van der Waals surface area (Å²) in [5.41, 5.74) is 0.455. The molecule has 28 heavy (non-hydrogen) atoms. The average Bonchev–Trinajstić information content (AvgIpc) is 2.69. The molecule has 0 aromatic heterocycles. The minimum Gasteiger partial charge on any atom is -0.363 e. The Morgan fingerprint density at radius 3 is 2.39 bits per heavy atom. The molecule has 0 unspecified atom stereocenters. The van der Waals surface area contributed by atoms with Gasteiger partial charge in [0.1, 0.15) is 10.6 Å². The fourth-order valence-electron chi connectivity index (χ4n) is 2.99. The van der Waals surface area contributed by atoms with Gasteiger partial charge in [-0.25, -0.2) is 8.42 Å². The maximum Gasteiger partial charge on any atom is 0.292 e. The fourth-order valence-corrected chi connectivity index (χ4v) is 5.15. The number of sulfonamides is 1. The van der Waals surface area contributed by atoms with E-state index in [2.05, 4.69) is 0 Å². The quantitative estimate of drug-likeness (QED) is 0.532. The molecule has 1 fully saturated rings. The molecule has 8 nitrogen and oxygen atoms in total. The van der Waals surface area contributed by atoms with Crippen LogP contribution in [0.4, 0.5) is 11.4 Å². The summed E-state index contributed by atoms with van der Waals surface area (Å²) in [7, 11) is -3.86. The second-order valence-corrected chi connectivity index (χ2v) is 8.71. The molecular weight excluding hydrogens is 427 g/mol. The summed E-state index contributed by atoms with van der Waals surface area (Å²) < 4.78 is 27.0. The minimum atomic E-state index is -3.86. The van der Waals surface area contributed by atoms with E-state index in [0.29, 0.717) is 11.3 Å². The van der Waals surface area contributed by atoms with Crippen molar-refractivity contribution in [1.82, 2.24) is 4.31 Å². The van der Waals surface area contributed by atoms with E-state index in [1.807, 2.05) is 6.07 Å². The third kappa shape index (κ3) is 3.77. The number of anilines is 1. The largest absolute Gasteiger partial charge is 0.363 e. The zero-order chi connectivity index (χ0) is 20.5. The second kappa shape index (κ2) is 7.93. The highest BCUT2D eigenvalue weighted by molar-refractivity contribution is 7.89. The van der Waals surface area contributed by atoms with Crippen molar-refractivity contribution in [3.8, 4) is 6.07 Å². The van der Waals surface area contributed by atoms with Crippen LogP contribution in [0.1, 0.15) is 5.56 Å². The zero-order valence-corrected chi connectivity index (χ0v) is 16.7. The van der Waals surface area contributed by atoms with E-state index in [1.165, 1.54) is 40.7 Å². The van der Waals surface area contributed by atoms with Crippen molar-refractivity contribution in [2.24, 2.45) is 0 Å². The van der Waals surface area contributed by atoms with Gasteiger partial charge < -0.3 is 4.90 Å². The van der Waals surface area contributed by atoms with E-state index >= 15 is 0 Å². The van der Waals surface area contributed by atoms with Crippen molar-refractivity contribution in [3.63, 3.8) is 0 Å². The topological polar surface area (TPSA) is 108 Å². The van der Waals surface area contributed by atoms with E-state index in [9.17, 15) is 18.5 Å². The van der Waals surface area contributed by atoms with Crippen LogP contribution in [0.3, 0.4) is 0 Å². The third-order valence-electron chi connectivity index (χ3n) is 4.41. The normalized spacial score (nSPS) is 15.2. The Morgan fingerprint density at radius 2 is 1.79 bits per heavy atom. The maximum atomic E-state index is 12.9. The highest BCUT2D eigenvalue weighted by Gasteiger charge is 2.32. The molecule has 0 amide bonds. The lowest BCUT2D eigenvalue weighted by atomic mass is 10.1. The van der Waals surface area contributed by atoms with Crippen LogP contribution < -0.4 is 4.90 Å². The van der Waals surface area contributed by atoms with Gasteiger partial charge >= 0.3 is 0 Å². The number of hydrogen-bond acceptors (Lipinski definition) is 6. The summed E-state index contributed by atoms with van der Waals surface area (Å²) >= 11 is 12.0. The van der Waals surface area contributed by atoms with Gasteiger partial charge in [0.05, 0.1) is 26.6 Å². The first-order valence-electron chi connectivity index (χ1n) is 8.13. The first-order valence-corrected chi connectivity index (χ1v) is 10.3. The number of nitro benzene ring substituents is 1. The van der Waals surface area contributed by atoms with Crippen LogP contribution in [0.25, 0.3) is 0 Å². The average molecular weight is 441 g/mol. The molecule has 0 atom stereocenters. The van der Waals surface area contributed by atoms with Crippen LogP contribution in [-0.2, 0) is 10.0 Å². The maximum absolute atomic E-state index is 12.9. The van der Waals surface area contributed by atoms with Crippen molar-refractivity contribution < 1.29 is 13.3 Å². The van der Waals surface area contributed by atoms with E-state index in [1.54, 1.807) is 4.90 Å². The first-order chi connectivity index (χ1) is 13.3. The molecule has 0 N–H and O–H groups in total. The molecule has 0 saturated carbocycles. The van der Waals surface area contributed by atoms with E-state index < -0.39 is 14.9 Å². The monoisotopic (exact) mass is 440 g/mol. The molecular formula is C17H14Cl2N4O4S. The summed E-state index contributed by atoms with van der Waals surface area (Å²) in [6.07, 6.45) is 0. The molecule has 3 rings (SSSR count). The molecule has 2 aromatic rings. The molecule has 2 aromatic carbocycles. The summed E-state index contributed by atoms with van der Waals surface area (Å²) in [6.45, 7) is 0.679. The SMILES string of the molecule is N#Cc1ccc([N+](=O)[O-])c(N2CCN(S(=O)(=O)c3cccc(Cl)c3Cl)CC2)c1. The van der Waals surface area contributed by atoms with Gasteiger partial charge in [0.2, 0.25) is 10.0 Å². The van der Waals surface area contributed by atoms with Crippen LogP contribution in [0.5, 0.6) is 0 Å². The van der Waals surface area contributed by atoms with Gasteiger partial charge in [-0.1, -0.05) is 29.3 Å². The molecule has 1 aliphatic rings. The van der Waals surface area contributed by atoms with Crippen LogP contribution in [0, 0.1) is 21.4 Å². The number of nitrogens with zero attached hydrogens (tertiary/aromatic N) is 4. The lowest BCUT2D eigenvalue weighted by Gasteiger charge is -2.35. The molecule has 146 valence electrons. The third-order valence-corrected chi connectivity index (χ3v) is 7.29. The predicted molar refractivity (Wildman–Crippen MR) is 105 cm³/mol. The number of hydrogen-bond donors (Lipinski definition) is 0. The van der Waals surface area contributed by atoms with Gasteiger partial charge in [0, 0.05) is 32.2 Å². The number of halogens is 2. The predicted octanol–water partition coefficient (Wildman–Crippen LogP) is 3.28. The lowest BCUT2D eigenvalue weighted by molar-refractivity contribution is -0.384. The minimum absolute atomic E-state index is 0.0380. The molecule has 0 radical (unpaired) electrons. The summed E-state index contributed by atoms with van der Waals surface area (Å²) in [5, 5.41) is 20.5. The second-order valence-electron chi connectivity index (χ2n) is 6.02. The first kappa shape index (κ1) is 20.4. The summed E-state index contributed by atoms with van der Waals surface area (Å²) in [5.74, 6) is 0. The number of piperazine rings is 1. The van der Waals surface area contributed by atoms with Crippen LogP contribution in [0.15, 0.2) is 41.3 Å². The van der Waals surface area contributed by atoms with Crippen molar-refractivity contribution in [2.45, 2.75) is 4.90 Å². The Bertz CT molecular complexity index is 1080. The van der Waals surface area contributed by atoms with Crippen molar-refractivity contribution in [2.75, 3.05) is 31.1 Å². The molecule has 1 saturated heterocycles. The van der Waals surface area contributed by atoms with Gasteiger partial charge in [-0.2, -0.15) is 9.57 Å². The molecule has 0 aliphatic carbocycles. The highest BCUT2D eigenvalue weighted by atomic mass is 35.5. The molecule has 0 bridgehead atoms. The Balaban J connectivity index is 1.85. The Morgan fingerprint density at radius 1 is 1.11 bits per heavy atom. The number of benzene rings is 2. The molecule has 1 aliphatic heterocycles. The van der Waals surface area contributed by atoms with Crippen molar-refractivity contribution in [3.05, 3.63) is 62.1 Å². The van der Waals surface area contributed by atoms with Crippen molar-refractivity contribution >= 4 is 44.6 Å². The van der Waals surface area contributed by atoms with Gasteiger partial charge in [-0.3, -0.25) is 10.1 Å². The Hall–Kier alpha value is -2.38. The van der Waals surface area contributed by atoms with Crippen LogP contribution in [-0.4, -0.2) is 43.8 Å². The van der Waals surface area contributed by atoms with E-state index in [4.69, 9.17) is 28.5 Å². The number of nitriles is 1. The van der Waals surface area contributed by atoms with E-state index in [0.717, 1.165) is 0 Å². The molecule has 0 spiro atoms. The van der Waals surface area contributed by atoms with Gasteiger partial charge in [-0.05, 0) is 24.3 Å². The van der Waals surface area contributed by atoms with Gasteiger partial charge in [-0.15, -0.1) is 0 Å². The smallest absolute Gasteiger partial charge is 0.292 e. The molecule has 1 heterocycles. The van der Waals surface area contributed by atoms with Gasteiger partial charge in [0.15, 0.2) is 0 Å². The highest BCUT2D eigenvalue weighted by Crippen LogP contribution is 2.33. The fraction of sp³-hybridized carbons (Fsp3) is 0.235. The Labute approximate surface area is 171 Å². The molecule has 11 heteroatoms. The van der Waals surface area contributed by atoms with Gasteiger partial charge in [0.25, 0.3) is 5.69 Å². The van der Waals surface area contributed by atoms with Crippen molar-refractivity contribution in [1.29, 1.82) is 5.26 Å². The lowest BCUT2D eigenvalue weighted by Crippen LogP contribution is -2.48. The summed E-state index contributed by atoms with van der Waals surface area (Å²) in [4.78, 5) is 12.4. The number of nitro groups is 1.